The van der Waals surface area contributed by atoms with Crippen molar-refractivity contribution in [2.24, 2.45) is 5.92 Å². The van der Waals surface area contributed by atoms with E-state index in [4.69, 9.17) is 4.74 Å². The Labute approximate surface area is 202 Å². The van der Waals surface area contributed by atoms with Crippen LogP contribution >= 0.6 is 0 Å². The summed E-state index contributed by atoms with van der Waals surface area (Å²) in [7, 11) is -2.21. The molecule has 0 saturated heterocycles. The van der Waals surface area contributed by atoms with Gasteiger partial charge < -0.3 is 20.1 Å². The highest BCUT2D eigenvalue weighted by Gasteiger charge is 2.38. The molecule has 0 fully saturated rings. The van der Waals surface area contributed by atoms with Gasteiger partial charge in [0.05, 0.1) is 13.2 Å². The molecule has 2 amide bonds. The van der Waals surface area contributed by atoms with Crippen molar-refractivity contribution in [1.29, 1.82) is 0 Å². The third kappa shape index (κ3) is 5.71. The van der Waals surface area contributed by atoms with E-state index in [2.05, 4.69) is 5.32 Å². The first-order valence-electron chi connectivity index (χ1n) is 11.7. The second-order valence-corrected chi connectivity index (χ2v) is 10.7. The molecular weight excluding hydrogens is 454 g/mol. The van der Waals surface area contributed by atoms with Crippen LogP contribution in [0.1, 0.15) is 27.2 Å². The second-order valence-electron chi connectivity index (χ2n) is 8.88. The number of amides is 2. The lowest BCUT2D eigenvalue weighted by Crippen LogP contribution is -2.51. The largest absolute Gasteiger partial charge is 0.487 e. The van der Waals surface area contributed by atoms with Crippen molar-refractivity contribution < 1.29 is 23.1 Å². The van der Waals surface area contributed by atoms with Crippen LogP contribution in [0.2, 0.25) is 0 Å². The van der Waals surface area contributed by atoms with Gasteiger partial charge in [-0.05, 0) is 36.6 Å². The number of hydrogen-bond acceptors (Lipinski definition) is 5. The first kappa shape index (κ1) is 26.0. The average molecular weight is 490 g/mol. The highest BCUT2D eigenvalue weighted by Crippen LogP contribution is 2.36. The van der Waals surface area contributed by atoms with E-state index in [1.54, 1.807) is 37.1 Å². The summed E-state index contributed by atoms with van der Waals surface area (Å²) in [6.45, 7) is 6.30. The Bertz CT molecular complexity index is 1080. The number of carbonyl (C=O) groups excluding carboxylic acids is 1. The maximum atomic E-state index is 13.6. The molecule has 0 unspecified atom stereocenters. The van der Waals surface area contributed by atoms with Crippen molar-refractivity contribution in [3.8, 4) is 16.9 Å². The molecule has 0 bridgehead atoms. The predicted octanol–water partition coefficient (Wildman–Crippen LogP) is 3.17. The summed E-state index contributed by atoms with van der Waals surface area (Å²) >= 11 is 0. The molecule has 0 aliphatic carbocycles. The molecule has 1 aliphatic heterocycles. The number of likely N-dealkylation sites (N-methyl/N-ethyl adjacent to an activating group) is 1. The minimum Gasteiger partial charge on any atom is -0.487 e. The molecule has 0 aromatic heterocycles. The van der Waals surface area contributed by atoms with E-state index in [9.17, 15) is 18.3 Å². The van der Waals surface area contributed by atoms with Gasteiger partial charge in [-0.25, -0.2) is 13.2 Å². The lowest BCUT2D eigenvalue weighted by Gasteiger charge is -2.37. The summed E-state index contributed by atoms with van der Waals surface area (Å²) in [4.78, 5) is 14.1. The lowest BCUT2D eigenvalue weighted by atomic mass is 10.0. The van der Waals surface area contributed by atoms with Crippen LogP contribution in [0, 0.1) is 5.92 Å². The maximum absolute atomic E-state index is 13.6. The molecular formula is C25H35N3O5S. The van der Waals surface area contributed by atoms with Crippen molar-refractivity contribution >= 4 is 16.1 Å². The molecule has 186 valence electrons. The highest BCUT2D eigenvalue weighted by molar-refractivity contribution is 7.89. The normalized spacial score (nSPS) is 20.9. The van der Waals surface area contributed by atoms with Crippen molar-refractivity contribution in [2.45, 2.75) is 44.2 Å². The van der Waals surface area contributed by atoms with Crippen LogP contribution in [0.25, 0.3) is 11.1 Å². The molecule has 34 heavy (non-hydrogen) atoms. The van der Waals surface area contributed by atoms with Crippen molar-refractivity contribution in [2.75, 3.05) is 33.3 Å². The molecule has 1 heterocycles. The molecule has 0 radical (unpaired) electrons. The number of aliphatic hydroxyl groups excluding tert-OH is 1. The van der Waals surface area contributed by atoms with Crippen molar-refractivity contribution in [1.82, 2.24) is 14.5 Å². The van der Waals surface area contributed by atoms with E-state index in [1.165, 1.54) is 4.31 Å². The molecule has 0 saturated carbocycles. The third-order valence-corrected chi connectivity index (χ3v) is 8.12. The summed E-state index contributed by atoms with van der Waals surface area (Å²) < 4.78 is 34.9. The van der Waals surface area contributed by atoms with E-state index in [1.807, 2.05) is 44.2 Å². The number of benzene rings is 2. The van der Waals surface area contributed by atoms with Crippen LogP contribution in [-0.2, 0) is 10.0 Å². The van der Waals surface area contributed by atoms with Gasteiger partial charge >= 0.3 is 6.03 Å². The van der Waals surface area contributed by atoms with Crippen LogP contribution in [0.3, 0.4) is 0 Å². The topological polar surface area (TPSA) is 99.2 Å². The highest BCUT2D eigenvalue weighted by atomic mass is 32.2. The van der Waals surface area contributed by atoms with Crippen LogP contribution in [0.15, 0.2) is 53.4 Å². The number of fused-ring (bicyclic) bond motifs is 1. The minimum absolute atomic E-state index is 0.0578. The number of urea groups is 1. The molecule has 8 nitrogen and oxygen atoms in total. The number of rotatable bonds is 7. The number of hydrogen-bond donors (Lipinski definition) is 2. The zero-order chi connectivity index (χ0) is 24.9. The first-order valence-corrected chi connectivity index (χ1v) is 13.1. The Kier molecular flexibility index (Phi) is 8.57. The number of sulfonamides is 1. The molecule has 0 spiro atoms. The number of nitrogens with one attached hydrogen (secondary N) is 1. The zero-order valence-electron chi connectivity index (χ0n) is 20.3. The summed E-state index contributed by atoms with van der Waals surface area (Å²) in [5.74, 6) is 0.00846. The fraction of sp³-hybridized carbons (Fsp3) is 0.480. The molecule has 1 aliphatic rings. The zero-order valence-corrected chi connectivity index (χ0v) is 21.1. The van der Waals surface area contributed by atoms with Crippen molar-refractivity contribution in [3.63, 3.8) is 0 Å². The van der Waals surface area contributed by atoms with Gasteiger partial charge in [-0.15, -0.1) is 0 Å². The molecule has 3 atom stereocenters. The minimum atomic E-state index is -3.91. The van der Waals surface area contributed by atoms with Gasteiger partial charge in [0.15, 0.2) is 0 Å². The molecule has 3 rings (SSSR count). The van der Waals surface area contributed by atoms with Gasteiger partial charge in [-0.2, -0.15) is 4.31 Å². The Morgan fingerprint density at radius 1 is 1.24 bits per heavy atom. The quantitative estimate of drug-likeness (QED) is 0.622. The summed E-state index contributed by atoms with van der Waals surface area (Å²) in [5, 5.41) is 12.6. The number of nitrogens with zero attached hydrogens (tertiary/aromatic N) is 2. The van der Waals surface area contributed by atoms with E-state index in [0.29, 0.717) is 6.54 Å². The van der Waals surface area contributed by atoms with Crippen molar-refractivity contribution in [3.05, 3.63) is 48.5 Å². The fourth-order valence-corrected chi connectivity index (χ4v) is 5.80. The van der Waals surface area contributed by atoms with Gasteiger partial charge in [0.2, 0.25) is 10.0 Å². The molecule has 2 N–H and O–H groups in total. The number of aliphatic hydroxyl groups is 1. The Morgan fingerprint density at radius 3 is 2.59 bits per heavy atom. The summed E-state index contributed by atoms with van der Waals surface area (Å²) in [6, 6.07) is 13.9. The standard InChI is InChI=1S/C25H35N3O5S/c1-5-13-26-25(30)27(4)16-23-18(2)15-28(19(3)17-29)34(31,32)24-12-11-21(14-22(24)33-23)20-9-7-6-8-10-20/h6-12,14,18-19,23,29H,5,13,15-17H2,1-4H3,(H,26,30)/t18-,19-,23+/m1/s1. The monoisotopic (exact) mass is 489 g/mol. The van der Waals surface area contributed by atoms with E-state index >= 15 is 0 Å². The van der Waals surface area contributed by atoms with E-state index < -0.39 is 22.2 Å². The summed E-state index contributed by atoms with van der Waals surface area (Å²) in [6.07, 6.45) is 0.378. The predicted molar refractivity (Wildman–Crippen MR) is 132 cm³/mol. The molecule has 2 aromatic rings. The lowest BCUT2D eigenvalue weighted by molar-refractivity contribution is 0.0813. The Balaban J connectivity index is 2.04. The van der Waals surface area contributed by atoms with Crippen LogP contribution in [0.5, 0.6) is 5.75 Å². The molecule has 9 heteroatoms. The smallest absolute Gasteiger partial charge is 0.317 e. The van der Waals surface area contributed by atoms with Crippen LogP contribution in [-0.4, -0.2) is 74.2 Å². The molecule has 2 aromatic carbocycles. The van der Waals surface area contributed by atoms with Crippen LogP contribution in [0.4, 0.5) is 4.79 Å². The fourth-order valence-electron chi connectivity index (χ4n) is 3.97. The van der Waals surface area contributed by atoms with Gasteiger partial charge in [0, 0.05) is 32.1 Å². The van der Waals surface area contributed by atoms with E-state index in [-0.39, 0.29) is 42.3 Å². The summed E-state index contributed by atoms with van der Waals surface area (Å²) in [5.41, 5.74) is 1.77. The maximum Gasteiger partial charge on any atom is 0.317 e. The number of ether oxygens (including phenoxy) is 1. The van der Waals surface area contributed by atoms with Crippen LogP contribution < -0.4 is 10.1 Å². The van der Waals surface area contributed by atoms with E-state index in [0.717, 1.165) is 17.5 Å². The second kappa shape index (κ2) is 11.2. The number of carbonyl (C=O) groups is 1. The SMILES string of the molecule is CCCNC(=O)N(C)C[C@@H]1Oc2cc(-c3ccccc3)ccc2S(=O)(=O)N([C@H](C)CO)C[C@H]1C. The Morgan fingerprint density at radius 2 is 1.94 bits per heavy atom. The Hall–Kier alpha value is -2.62. The van der Waals surface area contributed by atoms with Gasteiger partial charge in [0.25, 0.3) is 0 Å². The third-order valence-electron chi connectivity index (χ3n) is 6.10. The van der Waals surface area contributed by atoms with Gasteiger partial charge in [0.1, 0.15) is 16.7 Å². The van der Waals surface area contributed by atoms with Gasteiger partial charge in [-0.3, -0.25) is 0 Å². The first-order chi connectivity index (χ1) is 16.2. The van der Waals surface area contributed by atoms with Gasteiger partial charge in [-0.1, -0.05) is 50.2 Å². The average Bonchev–Trinajstić information content (AvgIpc) is 2.84.